The Kier molecular flexibility index (Phi) is 8.99. The summed E-state index contributed by atoms with van der Waals surface area (Å²) in [6.45, 7) is 3.08. The third kappa shape index (κ3) is 6.24. The Hall–Kier alpha value is -1.69. The van der Waals surface area contributed by atoms with Crippen molar-refractivity contribution in [3.05, 3.63) is 48.0 Å². The highest BCUT2D eigenvalue weighted by atomic mass is 127. The molecule has 10 heteroatoms. The average molecular weight is 495 g/mol. The quantitative estimate of drug-likeness (QED) is 0.347. The molecule has 0 spiro atoms. The molecule has 0 aliphatic carbocycles. The van der Waals surface area contributed by atoms with Gasteiger partial charge in [0, 0.05) is 26.3 Å². The molecule has 0 saturated carbocycles. The summed E-state index contributed by atoms with van der Waals surface area (Å²) in [5.41, 5.74) is 0.927. The third-order valence-electron chi connectivity index (χ3n) is 3.50. The molecule has 0 atom stereocenters. The number of halogens is 2. The van der Waals surface area contributed by atoms with Gasteiger partial charge in [-0.2, -0.15) is 5.10 Å². The second-order valence-electron chi connectivity index (χ2n) is 5.32. The molecular formula is C16H23FIN5O2S. The Labute approximate surface area is 170 Å². The van der Waals surface area contributed by atoms with Gasteiger partial charge in [0.2, 0.25) is 0 Å². The molecule has 0 radical (unpaired) electrons. The molecule has 7 nitrogen and oxygen atoms in total. The van der Waals surface area contributed by atoms with Gasteiger partial charge in [-0.1, -0.05) is 12.1 Å². The van der Waals surface area contributed by atoms with Crippen molar-refractivity contribution in [1.29, 1.82) is 0 Å². The maximum Gasteiger partial charge on any atom is 0.191 e. The fourth-order valence-electron chi connectivity index (χ4n) is 2.17. The van der Waals surface area contributed by atoms with Crippen molar-refractivity contribution < 1.29 is 12.8 Å². The van der Waals surface area contributed by atoms with Crippen LogP contribution in [0.5, 0.6) is 0 Å². The Morgan fingerprint density at radius 1 is 1.27 bits per heavy atom. The van der Waals surface area contributed by atoms with Crippen LogP contribution in [0.4, 0.5) is 4.39 Å². The molecular weight excluding hydrogens is 472 g/mol. The monoisotopic (exact) mass is 495 g/mol. The van der Waals surface area contributed by atoms with E-state index in [4.69, 9.17) is 0 Å². The van der Waals surface area contributed by atoms with E-state index < -0.39 is 15.7 Å². The van der Waals surface area contributed by atoms with Crippen LogP contribution in [0.15, 0.2) is 46.4 Å². The average Bonchev–Trinajstić information content (AvgIpc) is 2.98. The van der Waals surface area contributed by atoms with E-state index in [-0.39, 0.29) is 41.2 Å². The fourth-order valence-corrected chi connectivity index (χ4v) is 3.41. The first-order chi connectivity index (χ1) is 11.9. The molecule has 144 valence electrons. The molecule has 0 aliphatic rings. The lowest BCUT2D eigenvalue weighted by Gasteiger charge is -2.12. The lowest BCUT2D eigenvalue weighted by molar-refractivity contribution is 0.566. The van der Waals surface area contributed by atoms with Crippen LogP contribution < -0.4 is 10.6 Å². The normalized spacial score (nSPS) is 11.7. The van der Waals surface area contributed by atoms with Gasteiger partial charge in [0.25, 0.3) is 0 Å². The van der Waals surface area contributed by atoms with Gasteiger partial charge in [0.1, 0.15) is 10.7 Å². The number of hydrogen-bond donors (Lipinski definition) is 2. The minimum atomic E-state index is -3.70. The summed E-state index contributed by atoms with van der Waals surface area (Å²) in [5, 5.41) is 10.1. The van der Waals surface area contributed by atoms with Gasteiger partial charge >= 0.3 is 0 Å². The summed E-state index contributed by atoms with van der Waals surface area (Å²) >= 11 is 0. The first-order valence-electron chi connectivity index (χ1n) is 7.90. The number of guanidine groups is 1. The van der Waals surface area contributed by atoms with Crippen LogP contribution in [-0.2, 0) is 23.4 Å². The summed E-state index contributed by atoms with van der Waals surface area (Å²) < 4.78 is 39.8. The second-order valence-corrected chi connectivity index (χ2v) is 7.39. The van der Waals surface area contributed by atoms with Crippen molar-refractivity contribution in [3.8, 4) is 0 Å². The van der Waals surface area contributed by atoms with E-state index in [2.05, 4.69) is 20.7 Å². The van der Waals surface area contributed by atoms with E-state index in [0.717, 1.165) is 11.8 Å². The highest BCUT2D eigenvalue weighted by Gasteiger charge is 2.18. The summed E-state index contributed by atoms with van der Waals surface area (Å²) in [6.07, 6.45) is 1.69. The number of aryl methyl sites for hydroxylation is 1. The Morgan fingerprint density at radius 2 is 2.00 bits per heavy atom. The molecule has 0 unspecified atom stereocenters. The van der Waals surface area contributed by atoms with Crippen LogP contribution in [-0.4, -0.2) is 43.0 Å². The topological polar surface area (TPSA) is 88.4 Å². The van der Waals surface area contributed by atoms with Crippen molar-refractivity contribution in [2.45, 2.75) is 18.4 Å². The predicted molar refractivity (Wildman–Crippen MR) is 110 cm³/mol. The second kappa shape index (κ2) is 10.5. The van der Waals surface area contributed by atoms with Crippen molar-refractivity contribution in [2.75, 3.05) is 18.8 Å². The van der Waals surface area contributed by atoms with Crippen LogP contribution in [0.2, 0.25) is 0 Å². The maximum absolute atomic E-state index is 13.7. The standard InChI is InChI=1S/C16H22FN5O2S.HI/c1-3-18-16(20-12-13-8-9-21-22(13)2)19-10-11-25(23,24)15-7-5-4-6-14(15)17;/h4-9H,3,10-12H2,1-2H3,(H2,18,19,20);1H. The van der Waals surface area contributed by atoms with Crippen molar-refractivity contribution in [3.63, 3.8) is 0 Å². The SMILES string of the molecule is CCNC(=NCc1ccnn1C)NCCS(=O)(=O)c1ccccc1F.I. The smallest absolute Gasteiger partial charge is 0.191 e. The molecule has 0 fully saturated rings. The number of hydrogen-bond acceptors (Lipinski definition) is 4. The van der Waals surface area contributed by atoms with E-state index in [1.165, 1.54) is 18.2 Å². The Morgan fingerprint density at radius 3 is 2.62 bits per heavy atom. The third-order valence-corrected chi connectivity index (χ3v) is 5.24. The first kappa shape index (κ1) is 22.4. The zero-order valence-electron chi connectivity index (χ0n) is 14.6. The van der Waals surface area contributed by atoms with Gasteiger partial charge in [-0.25, -0.2) is 17.8 Å². The van der Waals surface area contributed by atoms with Crippen LogP contribution >= 0.6 is 24.0 Å². The van der Waals surface area contributed by atoms with Gasteiger partial charge < -0.3 is 10.6 Å². The van der Waals surface area contributed by atoms with E-state index in [1.54, 1.807) is 10.9 Å². The van der Waals surface area contributed by atoms with Gasteiger partial charge in [-0.05, 0) is 25.1 Å². The van der Waals surface area contributed by atoms with Crippen LogP contribution in [0.25, 0.3) is 0 Å². The molecule has 26 heavy (non-hydrogen) atoms. The zero-order valence-corrected chi connectivity index (χ0v) is 17.8. The Balaban J connectivity index is 0.00000338. The number of sulfone groups is 1. The lowest BCUT2D eigenvalue weighted by Crippen LogP contribution is -2.39. The van der Waals surface area contributed by atoms with Gasteiger partial charge in [-0.15, -0.1) is 24.0 Å². The number of aromatic nitrogens is 2. The minimum absolute atomic E-state index is 0. The molecule has 0 amide bonds. The molecule has 2 rings (SSSR count). The Bertz CT molecular complexity index is 839. The summed E-state index contributed by atoms with van der Waals surface area (Å²) in [5.74, 6) is -0.476. The number of benzene rings is 1. The van der Waals surface area contributed by atoms with E-state index >= 15 is 0 Å². The highest BCUT2D eigenvalue weighted by molar-refractivity contribution is 14.0. The van der Waals surface area contributed by atoms with Crippen molar-refractivity contribution in [1.82, 2.24) is 20.4 Å². The number of nitrogens with one attached hydrogen (secondary N) is 2. The summed E-state index contributed by atoms with van der Waals surface area (Å²) in [6, 6.07) is 7.23. The van der Waals surface area contributed by atoms with E-state index in [1.807, 2.05) is 20.0 Å². The lowest BCUT2D eigenvalue weighted by atomic mass is 10.3. The number of aliphatic imine (C=N–C) groups is 1. The molecule has 2 N–H and O–H groups in total. The van der Waals surface area contributed by atoms with E-state index in [0.29, 0.717) is 19.0 Å². The molecule has 1 aromatic carbocycles. The summed E-state index contributed by atoms with van der Waals surface area (Å²) in [7, 11) is -1.88. The van der Waals surface area contributed by atoms with Crippen molar-refractivity contribution >= 4 is 39.8 Å². The van der Waals surface area contributed by atoms with Crippen LogP contribution in [0.1, 0.15) is 12.6 Å². The van der Waals surface area contributed by atoms with Crippen LogP contribution in [0.3, 0.4) is 0 Å². The van der Waals surface area contributed by atoms with Gasteiger partial charge in [-0.3, -0.25) is 4.68 Å². The predicted octanol–water partition coefficient (Wildman–Crippen LogP) is 1.71. The highest BCUT2D eigenvalue weighted by Crippen LogP contribution is 2.14. The molecule has 2 aromatic rings. The minimum Gasteiger partial charge on any atom is -0.357 e. The molecule has 1 aromatic heterocycles. The van der Waals surface area contributed by atoms with Crippen molar-refractivity contribution in [2.24, 2.45) is 12.0 Å². The van der Waals surface area contributed by atoms with E-state index in [9.17, 15) is 12.8 Å². The molecule has 0 aliphatic heterocycles. The molecule has 0 bridgehead atoms. The van der Waals surface area contributed by atoms with Gasteiger partial charge in [0.15, 0.2) is 15.8 Å². The largest absolute Gasteiger partial charge is 0.357 e. The van der Waals surface area contributed by atoms with Crippen LogP contribution in [0, 0.1) is 5.82 Å². The zero-order chi connectivity index (χ0) is 18.3. The molecule has 0 saturated heterocycles. The fraction of sp³-hybridized carbons (Fsp3) is 0.375. The first-order valence-corrected chi connectivity index (χ1v) is 9.55. The molecule has 1 heterocycles. The van der Waals surface area contributed by atoms with Gasteiger partial charge in [0.05, 0.1) is 18.0 Å². The number of nitrogens with zero attached hydrogens (tertiary/aromatic N) is 3. The maximum atomic E-state index is 13.7. The summed E-state index contributed by atoms with van der Waals surface area (Å²) in [4.78, 5) is 4.11. The number of rotatable bonds is 7.